The molecule has 1 N–H and O–H groups in total. The van der Waals surface area contributed by atoms with Gasteiger partial charge < -0.3 is 15.0 Å². The maximum absolute atomic E-state index is 12.6. The third-order valence-electron chi connectivity index (χ3n) is 3.45. The molecule has 1 aromatic carbocycles. The van der Waals surface area contributed by atoms with Gasteiger partial charge in [-0.3, -0.25) is 4.79 Å². The average molecular weight is 299 g/mol. The molecule has 1 amide bonds. The van der Waals surface area contributed by atoms with Crippen LogP contribution in [0.4, 0.5) is 11.5 Å². The summed E-state index contributed by atoms with van der Waals surface area (Å²) >= 11 is 0. The van der Waals surface area contributed by atoms with Crippen molar-refractivity contribution in [2.24, 2.45) is 0 Å². The van der Waals surface area contributed by atoms with Gasteiger partial charge in [0.1, 0.15) is 11.6 Å². The molecule has 0 saturated heterocycles. The van der Waals surface area contributed by atoms with E-state index in [1.165, 1.54) is 0 Å². The first-order valence-corrected chi connectivity index (χ1v) is 7.35. The van der Waals surface area contributed by atoms with Crippen LogP contribution in [-0.4, -0.2) is 36.0 Å². The van der Waals surface area contributed by atoms with Gasteiger partial charge in [0.25, 0.3) is 5.91 Å². The fourth-order valence-electron chi connectivity index (χ4n) is 2.23. The van der Waals surface area contributed by atoms with Crippen molar-refractivity contribution < 1.29 is 9.53 Å². The van der Waals surface area contributed by atoms with Crippen molar-refractivity contribution in [3.05, 3.63) is 48.2 Å². The standard InChI is InChI=1S/C17H21N3O2/c1-4-20(5-2)17(21)13-9-8-12-18-16(13)19-14-10-6-7-11-15(14)22-3/h6-12H,4-5H2,1-3H3,(H,18,19). The molecular formula is C17H21N3O2. The summed E-state index contributed by atoms with van der Waals surface area (Å²) in [6, 6.07) is 11.1. The van der Waals surface area contributed by atoms with Crippen LogP contribution >= 0.6 is 0 Å². The predicted octanol–water partition coefficient (Wildman–Crippen LogP) is 3.32. The molecule has 22 heavy (non-hydrogen) atoms. The molecule has 1 heterocycles. The third kappa shape index (κ3) is 3.36. The summed E-state index contributed by atoms with van der Waals surface area (Å²) in [5.74, 6) is 1.20. The van der Waals surface area contributed by atoms with Crippen LogP contribution in [0.5, 0.6) is 5.75 Å². The normalized spacial score (nSPS) is 10.1. The number of benzene rings is 1. The zero-order valence-corrected chi connectivity index (χ0v) is 13.2. The van der Waals surface area contributed by atoms with Crippen LogP contribution in [0, 0.1) is 0 Å². The number of pyridine rings is 1. The molecule has 5 nitrogen and oxygen atoms in total. The summed E-state index contributed by atoms with van der Waals surface area (Å²) in [5.41, 5.74) is 1.33. The lowest BCUT2D eigenvalue weighted by Crippen LogP contribution is -2.31. The molecule has 5 heteroatoms. The highest BCUT2D eigenvalue weighted by atomic mass is 16.5. The van der Waals surface area contributed by atoms with Gasteiger partial charge in [-0.25, -0.2) is 4.98 Å². The highest BCUT2D eigenvalue weighted by Crippen LogP contribution is 2.27. The van der Waals surface area contributed by atoms with Gasteiger partial charge in [-0.2, -0.15) is 0 Å². The quantitative estimate of drug-likeness (QED) is 0.889. The summed E-state index contributed by atoms with van der Waals surface area (Å²) in [5, 5.41) is 3.19. The Morgan fingerprint density at radius 2 is 1.91 bits per heavy atom. The smallest absolute Gasteiger partial charge is 0.257 e. The number of para-hydroxylation sites is 2. The maximum atomic E-state index is 12.6. The second-order valence-electron chi connectivity index (χ2n) is 4.70. The first-order chi connectivity index (χ1) is 10.7. The molecule has 0 saturated carbocycles. The highest BCUT2D eigenvalue weighted by Gasteiger charge is 2.17. The van der Waals surface area contributed by atoms with Crippen molar-refractivity contribution in [1.82, 2.24) is 9.88 Å². The van der Waals surface area contributed by atoms with Gasteiger partial charge in [0.2, 0.25) is 0 Å². The van der Waals surface area contributed by atoms with Crippen molar-refractivity contribution >= 4 is 17.4 Å². The number of methoxy groups -OCH3 is 1. The van der Waals surface area contributed by atoms with Crippen LogP contribution < -0.4 is 10.1 Å². The topological polar surface area (TPSA) is 54.5 Å². The number of ether oxygens (including phenoxy) is 1. The molecule has 0 aliphatic heterocycles. The first-order valence-electron chi connectivity index (χ1n) is 7.35. The van der Waals surface area contributed by atoms with Crippen molar-refractivity contribution in [1.29, 1.82) is 0 Å². The first kappa shape index (κ1) is 15.8. The zero-order valence-electron chi connectivity index (χ0n) is 13.2. The number of hydrogen-bond donors (Lipinski definition) is 1. The maximum Gasteiger partial charge on any atom is 0.257 e. The Balaban J connectivity index is 2.34. The van der Waals surface area contributed by atoms with Gasteiger partial charge in [0.05, 0.1) is 18.4 Å². The molecule has 0 aliphatic rings. The molecule has 1 aromatic heterocycles. The number of rotatable bonds is 6. The third-order valence-corrected chi connectivity index (χ3v) is 3.45. The number of carbonyl (C=O) groups excluding carboxylic acids is 1. The Morgan fingerprint density at radius 1 is 1.18 bits per heavy atom. The molecule has 116 valence electrons. The lowest BCUT2D eigenvalue weighted by atomic mass is 10.2. The Kier molecular flexibility index (Phi) is 5.36. The Labute approximate surface area is 130 Å². The van der Waals surface area contributed by atoms with Crippen LogP contribution in [-0.2, 0) is 0 Å². The minimum Gasteiger partial charge on any atom is -0.495 e. The zero-order chi connectivity index (χ0) is 15.9. The van der Waals surface area contributed by atoms with E-state index >= 15 is 0 Å². The molecular weight excluding hydrogens is 278 g/mol. The van der Waals surface area contributed by atoms with Gasteiger partial charge in [0, 0.05) is 19.3 Å². The van der Waals surface area contributed by atoms with Crippen molar-refractivity contribution in [3.8, 4) is 5.75 Å². The number of amides is 1. The lowest BCUT2D eigenvalue weighted by Gasteiger charge is -2.20. The summed E-state index contributed by atoms with van der Waals surface area (Å²) in [7, 11) is 1.61. The number of carbonyl (C=O) groups is 1. The van der Waals surface area contributed by atoms with E-state index in [2.05, 4.69) is 10.3 Å². The molecule has 0 fully saturated rings. The minimum absolute atomic E-state index is 0.0319. The van der Waals surface area contributed by atoms with Crippen molar-refractivity contribution in [3.63, 3.8) is 0 Å². The van der Waals surface area contributed by atoms with Gasteiger partial charge in [-0.05, 0) is 38.1 Å². The fourth-order valence-corrected chi connectivity index (χ4v) is 2.23. The summed E-state index contributed by atoms with van der Waals surface area (Å²) in [4.78, 5) is 18.7. The average Bonchev–Trinajstić information content (AvgIpc) is 2.57. The van der Waals surface area contributed by atoms with Crippen LogP contribution in [0.25, 0.3) is 0 Å². The predicted molar refractivity (Wildman–Crippen MR) is 87.8 cm³/mol. The van der Waals surface area contributed by atoms with E-state index in [0.29, 0.717) is 30.2 Å². The lowest BCUT2D eigenvalue weighted by molar-refractivity contribution is 0.0773. The molecule has 0 aliphatic carbocycles. The van der Waals surface area contributed by atoms with E-state index in [-0.39, 0.29) is 5.91 Å². The van der Waals surface area contributed by atoms with Gasteiger partial charge in [-0.15, -0.1) is 0 Å². The summed E-state index contributed by atoms with van der Waals surface area (Å²) in [6.45, 7) is 5.26. The second kappa shape index (κ2) is 7.45. The molecule has 2 rings (SSSR count). The van der Waals surface area contributed by atoms with Gasteiger partial charge in [-0.1, -0.05) is 12.1 Å². The summed E-state index contributed by atoms with van der Waals surface area (Å²) < 4.78 is 5.32. The van der Waals surface area contributed by atoms with E-state index in [1.54, 1.807) is 30.3 Å². The van der Waals surface area contributed by atoms with Crippen LogP contribution in [0.2, 0.25) is 0 Å². The fraction of sp³-hybridized carbons (Fsp3) is 0.294. The SMILES string of the molecule is CCN(CC)C(=O)c1cccnc1Nc1ccccc1OC. The molecule has 2 aromatic rings. The van der Waals surface area contributed by atoms with E-state index in [4.69, 9.17) is 4.74 Å². The Hall–Kier alpha value is -2.56. The van der Waals surface area contributed by atoms with Crippen LogP contribution in [0.3, 0.4) is 0 Å². The number of nitrogens with zero attached hydrogens (tertiary/aromatic N) is 2. The van der Waals surface area contributed by atoms with E-state index in [0.717, 1.165) is 5.69 Å². The van der Waals surface area contributed by atoms with E-state index < -0.39 is 0 Å². The van der Waals surface area contributed by atoms with Gasteiger partial charge >= 0.3 is 0 Å². The number of hydrogen-bond acceptors (Lipinski definition) is 4. The molecule has 0 spiro atoms. The van der Waals surface area contributed by atoms with Crippen molar-refractivity contribution in [2.75, 3.05) is 25.5 Å². The molecule has 0 bridgehead atoms. The second-order valence-corrected chi connectivity index (χ2v) is 4.70. The van der Waals surface area contributed by atoms with Crippen LogP contribution in [0.15, 0.2) is 42.6 Å². The number of nitrogens with one attached hydrogen (secondary N) is 1. The number of anilines is 2. The van der Waals surface area contributed by atoms with E-state index in [9.17, 15) is 4.79 Å². The Morgan fingerprint density at radius 3 is 2.59 bits per heavy atom. The van der Waals surface area contributed by atoms with Gasteiger partial charge in [0.15, 0.2) is 0 Å². The summed E-state index contributed by atoms with van der Waals surface area (Å²) in [6.07, 6.45) is 1.66. The largest absolute Gasteiger partial charge is 0.495 e. The minimum atomic E-state index is -0.0319. The van der Waals surface area contributed by atoms with E-state index in [1.807, 2.05) is 38.1 Å². The van der Waals surface area contributed by atoms with Crippen molar-refractivity contribution in [2.45, 2.75) is 13.8 Å². The monoisotopic (exact) mass is 299 g/mol. The number of aromatic nitrogens is 1. The van der Waals surface area contributed by atoms with Crippen LogP contribution in [0.1, 0.15) is 24.2 Å². The molecule has 0 radical (unpaired) electrons. The highest BCUT2D eigenvalue weighted by molar-refractivity contribution is 5.99. The molecule has 0 unspecified atom stereocenters. The molecule has 0 atom stereocenters. The Bertz CT molecular complexity index is 639.